The lowest BCUT2D eigenvalue weighted by molar-refractivity contribution is 0.238. The molecule has 0 saturated carbocycles. The highest BCUT2D eigenvalue weighted by molar-refractivity contribution is 9.09. The van der Waals surface area contributed by atoms with Crippen molar-refractivity contribution in [1.82, 2.24) is 9.55 Å². The molecule has 1 unspecified atom stereocenters. The van der Waals surface area contributed by atoms with Gasteiger partial charge in [-0.15, -0.1) is 0 Å². The van der Waals surface area contributed by atoms with Gasteiger partial charge in [0.15, 0.2) is 5.76 Å². The molecule has 3 rings (SSSR count). The van der Waals surface area contributed by atoms with Crippen molar-refractivity contribution >= 4 is 33.4 Å². The minimum atomic E-state index is -0.188. The number of ether oxygens (including phenoxy) is 2. The lowest BCUT2D eigenvalue weighted by Gasteiger charge is -2.23. The van der Waals surface area contributed by atoms with Gasteiger partial charge in [0.05, 0.1) is 4.83 Å². The Hall–Kier alpha value is -1.46. The fraction of sp³-hybridized carbons (Fsp3) is 0.312. The van der Waals surface area contributed by atoms with E-state index in [1.165, 1.54) is 0 Å². The number of rotatable bonds is 3. The highest BCUT2D eigenvalue weighted by Crippen LogP contribution is 2.44. The highest BCUT2D eigenvalue weighted by Gasteiger charge is 2.43. The minimum Gasteiger partial charge on any atom is -0.491 e. The van der Waals surface area contributed by atoms with Crippen LogP contribution in [-0.2, 0) is 4.74 Å². The molecule has 0 N–H and O–H groups in total. The predicted octanol–water partition coefficient (Wildman–Crippen LogP) is 4.56. The first-order chi connectivity index (χ1) is 10.5. The van der Waals surface area contributed by atoms with E-state index >= 15 is 0 Å². The van der Waals surface area contributed by atoms with E-state index in [-0.39, 0.29) is 10.2 Å². The molecule has 4 nitrogen and oxygen atoms in total. The normalized spacial score (nSPS) is 22.3. The Bertz CT molecular complexity index is 681. The number of nitrogens with zero attached hydrogens (tertiary/aromatic N) is 2. The van der Waals surface area contributed by atoms with Crippen LogP contribution in [0.3, 0.4) is 0 Å². The highest BCUT2D eigenvalue weighted by atomic mass is 79.9. The predicted molar refractivity (Wildman–Crippen MR) is 90.0 cm³/mol. The summed E-state index contributed by atoms with van der Waals surface area (Å²) in [6.45, 7) is 4.85. The zero-order chi connectivity index (χ0) is 15.7. The van der Waals surface area contributed by atoms with Crippen LogP contribution in [0.1, 0.15) is 13.8 Å². The van der Waals surface area contributed by atoms with Crippen LogP contribution in [0.4, 0.5) is 0 Å². The fourth-order valence-electron chi connectivity index (χ4n) is 2.24. The molecular weight excluding hydrogens is 368 g/mol. The smallest absolute Gasteiger partial charge is 0.244 e. The number of aromatic nitrogens is 2. The molecule has 1 aromatic carbocycles. The molecule has 0 spiro atoms. The molecular formula is C16H16BrClN2O2. The third-order valence-corrected chi connectivity index (χ3v) is 5.36. The summed E-state index contributed by atoms with van der Waals surface area (Å²) in [5.74, 6) is 2.10. The molecule has 6 heteroatoms. The first-order valence-electron chi connectivity index (χ1n) is 6.92. The Kier molecular flexibility index (Phi) is 4.19. The molecule has 0 amide bonds. The van der Waals surface area contributed by atoms with Crippen LogP contribution >= 0.6 is 27.5 Å². The molecule has 1 fully saturated rings. The molecule has 1 aromatic heterocycles. The fourth-order valence-corrected chi connectivity index (χ4v) is 2.71. The summed E-state index contributed by atoms with van der Waals surface area (Å²) in [6, 6.07) is 7.24. The van der Waals surface area contributed by atoms with Crippen LogP contribution in [0.2, 0.25) is 5.02 Å². The second-order valence-corrected chi connectivity index (χ2v) is 7.20. The van der Waals surface area contributed by atoms with E-state index < -0.39 is 0 Å². The zero-order valence-electron chi connectivity index (χ0n) is 12.3. The van der Waals surface area contributed by atoms with Crippen molar-refractivity contribution in [3.05, 3.63) is 53.8 Å². The van der Waals surface area contributed by atoms with Gasteiger partial charge in [0, 0.05) is 22.8 Å². The van der Waals surface area contributed by atoms with Crippen molar-refractivity contribution in [3.8, 4) is 5.75 Å². The lowest BCUT2D eigenvalue weighted by atomic mass is 9.89. The summed E-state index contributed by atoms with van der Waals surface area (Å²) in [6.07, 6.45) is 5.23. The Morgan fingerprint density at radius 2 is 2.14 bits per heavy atom. The number of hydrogen-bond donors (Lipinski definition) is 0. The molecule has 1 atom stereocenters. The van der Waals surface area contributed by atoms with E-state index in [9.17, 15) is 0 Å². The van der Waals surface area contributed by atoms with Crippen LogP contribution in [0.15, 0.2) is 48.7 Å². The van der Waals surface area contributed by atoms with E-state index in [2.05, 4.69) is 34.8 Å². The molecule has 1 aliphatic heterocycles. The quantitative estimate of drug-likeness (QED) is 0.576. The maximum absolute atomic E-state index is 6.08. The largest absolute Gasteiger partial charge is 0.491 e. The van der Waals surface area contributed by atoms with Crippen LogP contribution < -0.4 is 4.74 Å². The SMILES string of the molecule is CC1(C)C(=C(Oc2ccc(Cl)cc2)n2ccnc2)OCC1Br. The third-order valence-electron chi connectivity index (χ3n) is 3.70. The van der Waals surface area contributed by atoms with E-state index in [0.29, 0.717) is 23.3 Å². The Morgan fingerprint density at radius 3 is 2.68 bits per heavy atom. The number of allylic oxidation sites excluding steroid dienone is 1. The van der Waals surface area contributed by atoms with Crippen molar-refractivity contribution in [2.24, 2.45) is 5.41 Å². The first-order valence-corrected chi connectivity index (χ1v) is 8.21. The van der Waals surface area contributed by atoms with Gasteiger partial charge < -0.3 is 9.47 Å². The number of benzene rings is 1. The van der Waals surface area contributed by atoms with E-state index in [1.807, 2.05) is 22.9 Å². The van der Waals surface area contributed by atoms with E-state index in [4.69, 9.17) is 21.1 Å². The van der Waals surface area contributed by atoms with Crippen LogP contribution in [0.5, 0.6) is 5.75 Å². The van der Waals surface area contributed by atoms with Gasteiger partial charge in [-0.3, -0.25) is 4.57 Å². The van der Waals surface area contributed by atoms with Gasteiger partial charge in [-0.2, -0.15) is 0 Å². The van der Waals surface area contributed by atoms with Gasteiger partial charge in [-0.25, -0.2) is 4.98 Å². The van der Waals surface area contributed by atoms with E-state index in [1.54, 1.807) is 24.7 Å². The number of imidazole rings is 1. The number of halogens is 2. The average molecular weight is 384 g/mol. The van der Waals surface area contributed by atoms with Crippen LogP contribution in [0, 0.1) is 5.41 Å². The van der Waals surface area contributed by atoms with Crippen LogP contribution in [0.25, 0.3) is 5.88 Å². The monoisotopic (exact) mass is 382 g/mol. The second kappa shape index (κ2) is 5.97. The summed E-state index contributed by atoms with van der Waals surface area (Å²) < 4.78 is 13.8. The minimum absolute atomic E-state index is 0.188. The maximum atomic E-state index is 6.08. The lowest BCUT2D eigenvalue weighted by Crippen LogP contribution is -2.23. The maximum Gasteiger partial charge on any atom is 0.244 e. The molecule has 2 heterocycles. The van der Waals surface area contributed by atoms with Crippen LogP contribution in [-0.4, -0.2) is 21.0 Å². The molecule has 0 bridgehead atoms. The van der Waals surface area contributed by atoms with Crippen molar-refractivity contribution in [3.63, 3.8) is 0 Å². The van der Waals surface area contributed by atoms with Gasteiger partial charge in [-0.1, -0.05) is 41.4 Å². The van der Waals surface area contributed by atoms with Gasteiger partial charge in [0.2, 0.25) is 5.88 Å². The average Bonchev–Trinajstić information content (AvgIpc) is 3.09. The Morgan fingerprint density at radius 1 is 1.41 bits per heavy atom. The molecule has 1 saturated heterocycles. The van der Waals surface area contributed by atoms with Crippen molar-refractivity contribution in [2.75, 3.05) is 6.61 Å². The summed E-state index contributed by atoms with van der Waals surface area (Å²) >= 11 is 9.60. The van der Waals surface area contributed by atoms with Crippen molar-refractivity contribution in [1.29, 1.82) is 0 Å². The standard InChI is InChI=1S/C16H16BrClN2O2/c1-16(2)13(17)9-21-14(16)15(20-8-7-19-10-20)22-12-5-3-11(18)4-6-12/h3-8,10,13H,9H2,1-2H3. The summed E-state index contributed by atoms with van der Waals surface area (Å²) in [7, 11) is 0. The summed E-state index contributed by atoms with van der Waals surface area (Å²) in [5, 5.41) is 0.669. The zero-order valence-corrected chi connectivity index (χ0v) is 14.6. The first kappa shape index (κ1) is 15.4. The third kappa shape index (κ3) is 2.88. The van der Waals surface area contributed by atoms with Crippen molar-refractivity contribution < 1.29 is 9.47 Å². The van der Waals surface area contributed by atoms with Gasteiger partial charge in [0.1, 0.15) is 18.7 Å². The summed E-state index contributed by atoms with van der Waals surface area (Å²) in [4.78, 5) is 4.32. The van der Waals surface area contributed by atoms with Gasteiger partial charge >= 0.3 is 0 Å². The number of hydrogen-bond acceptors (Lipinski definition) is 3. The molecule has 116 valence electrons. The van der Waals surface area contributed by atoms with Gasteiger partial charge in [-0.05, 0) is 24.3 Å². The topological polar surface area (TPSA) is 36.3 Å². The molecule has 1 aliphatic rings. The Labute approximate surface area is 142 Å². The molecule has 0 radical (unpaired) electrons. The van der Waals surface area contributed by atoms with Gasteiger partial charge in [0.25, 0.3) is 0 Å². The molecule has 22 heavy (non-hydrogen) atoms. The summed E-state index contributed by atoms with van der Waals surface area (Å²) in [5.41, 5.74) is -0.188. The molecule has 2 aromatic rings. The van der Waals surface area contributed by atoms with E-state index in [0.717, 1.165) is 5.76 Å². The Balaban J connectivity index is 2.04. The number of alkyl halides is 1. The second-order valence-electron chi connectivity index (χ2n) is 5.66. The molecule has 0 aliphatic carbocycles. The van der Waals surface area contributed by atoms with Crippen molar-refractivity contribution in [2.45, 2.75) is 18.7 Å².